The van der Waals surface area contributed by atoms with Crippen molar-refractivity contribution in [3.8, 4) is 67.0 Å². The molecule has 0 fully saturated rings. The van der Waals surface area contributed by atoms with E-state index in [9.17, 15) is 0 Å². The lowest BCUT2D eigenvalue weighted by Crippen LogP contribution is -1.92. The monoisotopic (exact) mass is 586 g/mol. The molecule has 0 aliphatic rings. The molecule has 0 spiro atoms. The first-order chi connectivity index (χ1) is 22.8. The molecular formula is C44H30N2. The van der Waals surface area contributed by atoms with E-state index in [1.807, 2.05) is 12.3 Å². The third kappa shape index (κ3) is 5.49. The number of fused-ring (bicyclic) bond motifs is 1. The summed E-state index contributed by atoms with van der Waals surface area (Å²) in [5.41, 5.74) is 14.4. The molecule has 0 saturated carbocycles. The highest BCUT2D eigenvalue weighted by Gasteiger charge is 2.12. The van der Waals surface area contributed by atoms with Gasteiger partial charge in [0.1, 0.15) is 0 Å². The van der Waals surface area contributed by atoms with E-state index >= 15 is 0 Å². The van der Waals surface area contributed by atoms with E-state index in [1.54, 1.807) is 0 Å². The number of hydrogen-bond donors (Lipinski definition) is 0. The molecule has 0 aliphatic heterocycles. The highest BCUT2D eigenvalue weighted by Crippen LogP contribution is 2.35. The third-order valence-corrected chi connectivity index (χ3v) is 8.53. The Balaban J connectivity index is 1.25. The number of nitrogens with zero attached hydrogens (tertiary/aromatic N) is 2. The van der Waals surface area contributed by atoms with E-state index in [-0.39, 0.29) is 0 Å². The van der Waals surface area contributed by atoms with Crippen LogP contribution in [0.1, 0.15) is 0 Å². The molecular weight excluding hydrogens is 556 g/mol. The zero-order valence-electron chi connectivity index (χ0n) is 25.2. The molecule has 0 atom stereocenters. The van der Waals surface area contributed by atoms with Crippen LogP contribution in [0.3, 0.4) is 0 Å². The number of benzene rings is 6. The van der Waals surface area contributed by atoms with Gasteiger partial charge in [0.2, 0.25) is 0 Å². The fourth-order valence-electron chi connectivity index (χ4n) is 6.17. The Bertz CT molecular complexity index is 2180. The minimum atomic E-state index is 0.944. The van der Waals surface area contributed by atoms with Crippen LogP contribution in [0.4, 0.5) is 0 Å². The summed E-state index contributed by atoms with van der Waals surface area (Å²) in [6.45, 7) is 0. The summed E-state index contributed by atoms with van der Waals surface area (Å²) in [4.78, 5) is 9.81. The molecule has 216 valence electrons. The molecule has 8 rings (SSSR count). The van der Waals surface area contributed by atoms with Gasteiger partial charge in [0, 0.05) is 22.7 Å². The van der Waals surface area contributed by atoms with E-state index in [0.717, 1.165) is 44.5 Å². The predicted octanol–water partition coefficient (Wildman–Crippen LogP) is 11.6. The van der Waals surface area contributed by atoms with Crippen molar-refractivity contribution in [3.05, 3.63) is 182 Å². The van der Waals surface area contributed by atoms with Crippen LogP contribution >= 0.6 is 0 Å². The van der Waals surface area contributed by atoms with Crippen LogP contribution in [-0.4, -0.2) is 9.97 Å². The van der Waals surface area contributed by atoms with Gasteiger partial charge in [-0.2, -0.15) is 0 Å². The van der Waals surface area contributed by atoms with Crippen molar-refractivity contribution in [2.24, 2.45) is 0 Å². The second-order valence-electron chi connectivity index (χ2n) is 11.5. The summed E-state index contributed by atoms with van der Waals surface area (Å²) in [6.07, 6.45) is 1.85. The Kier molecular flexibility index (Phi) is 7.22. The maximum Gasteiger partial charge on any atom is 0.0715 e. The minimum Gasteiger partial charge on any atom is -0.256 e. The van der Waals surface area contributed by atoms with Gasteiger partial charge in [0.25, 0.3) is 0 Å². The smallest absolute Gasteiger partial charge is 0.0715 e. The Labute approximate surface area is 269 Å². The summed E-state index contributed by atoms with van der Waals surface area (Å²) in [6, 6.07) is 62.1. The van der Waals surface area contributed by atoms with Gasteiger partial charge < -0.3 is 0 Å². The molecule has 0 saturated heterocycles. The van der Waals surface area contributed by atoms with E-state index < -0.39 is 0 Å². The summed E-state index contributed by atoms with van der Waals surface area (Å²) < 4.78 is 0. The van der Waals surface area contributed by atoms with Gasteiger partial charge in [0.05, 0.1) is 16.9 Å². The van der Waals surface area contributed by atoms with Crippen LogP contribution in [0.25, 0.3) is 77.9 Å². The van der Waals surface area contributed by atoms with Crippen molar-refractivity contribution in [3.63, 3.8) is 0 Å². The van der Waals surface area contributed by atoms with Crippen molar-refractivity contribution in [2.75, 3.05) is 0 Å². The zero-order chi connectivity index (χ0) is 30.7. The van der Waals surface area contributed by atoms with Crippen molar-refractivity contribution >= 4 is 10.9 Å². The lowest BCUT2D eigenvalue weighted by Gasteiger charge is -2.13. The van der Waals surface area contributed by atoms with Crippen LogP contribution in [0.2, 0.25) is 0 Å². The number of hydrogen-bond acceptors (Lipinski definition) is 2. The molecule has 0 N–H and O–H groups in total. The number of rotatable bonds is 6. The Morgan fingerprint density at radius 3 is 1.41 bits per heavy atom. The molecule has 0 unspecified atom stereocenters. The first kappa shape index (κ1) is 27.4. The van der Waals surface area contributed by atoms with Crippen LogP contribution in [0, 0.1) is 0 Å². The highest BCUT2D eigenvalue weighted by atomic mass is 14.7. The fourth-order valence-corrected chi connectivity index (χ4v) is 6.17. The predicted molar refractivity (Wildman–Crippen MR) is 192 cm³/mol. The molecule has 2 nitrogen and oxygen atoms in total. The first-order valence-electron chi connectivity index (χ1n) is 15.6. The van der Waals surface area contributed by atoms with Crippen molar-refractivity contribution in [1.82, 2.24) is 9.97 Å². The number of aromatic nitrogens is 2. The summed E-state index contributed by atoms with van der Waals surface area (Å²) >= 11 is 0. The van der Waals surface area contributed by atoms with Gasteiger partial charge in [-0.05, 0) is 80.9 Å². The Morgan fingerprint density at radius 1 is 0.304 bits per heavy atom. The maximum absolute atomic E-state index is 5.26. The van der Waals surface area contributed by atoms with Gasteiger partial charge in [-0.25, -0.2) is 4.98 Å². The van der Waals surface area contributed by atoms with E-state index in [1.165, 1.54) is 33.4 Å². The molecule has 2 heterocycles. The molecule has 8 aromatic rings. The number of pyridine rings is 2. The average molecular weight is 587 g/mol. The maximum atomic E-state index is 5.26. The molecule has 0 amide bonds. The summed E-state index contributed by atoms with van der Waals surface area (Å²) in [7, 11) is 0. The highest BCUT2D eigenvalue weighted by molar-refractivity contribution is 5.95. The fraction of sp³-hybridized carbons (Fsp3) is 0. The van der Waals surface area contributed by atoms with Crippen molar-refractivity contribution < 1.29 is 0 Å². The lowest BCUT2D eigenvalue weighted by molar-refractivity contribution is 1.32. The summed E-state index contributed by atoms with van der Waals surface area (Å²) in [5, 5.41) is 1.16. The van der Waals surface area contributed by atoms with Crippen molar-refractivity contribution in [2.45, 2.75) is 0 Å². The Morgan fingerprint density at radius 2 is 0.804 bits per heavy atom. The third-order valence-electron chi connectivity index (χ3n) is 8.53. The molecule has 2 heteroatoms. The van der Waals surface area contributed by atoms with Crippen LogP contribution in [-0.2, 0) is 0 Å². The molecule has 6 aromatic carbocycles. The first-order valence-corrected chi connectivity index (χ1v) is 15.6. The topological polar surface area (TPSA) is 25.8 Å². The van der Waals surface area contributed by atoms with Crippen LogP contribution < -0.4 is 0 Å². The molecule has 46 heavy (non-hydrogen) atoms. The normalized spacial score (nSPS) is 11.0. The second-order valence-corrected chi connectivity index (χ2v) is 11.5. The standard InChI is InChI=1S/C44H30N2/c1-3-11-31(12-4-1)35-15-7-17-37(27-35)43-29-39(30-44(46-43)38-18-8-16-36(28-38)32-13-5-2-6-14-32)33-22-24-34(25-23-33)40-19-9-21-42-41(40)20-10-26-45-42/h1-30H. The van der Waals surface area contributed by atoms with Gasteiger partial charge in [-0.1, -0.05) is 140 Å². The van der Waals surface area contributed by atoms with Gasteiger partial charge in [0.15, 0.2) is 0 Å². The van der Waals surface area contributed by atoms with Gasteiger partial charge >= 0.3 is 0 Å². The molecule has 0 aliphatic carbocycles. The van der Waals surface area contributed by atoms with E-state index in [4.69, 9.17) is 4.98 Å². The lowest BCUT2D eigenvalue weighted by atomic mass is 9.95. The second kappa shape index (κ2) is 12.1. The molecule has 2 aromatic heterocycles. The molecule has 0 radical (unpaired) electrons. The quantitative estimate of drug-likeness (QED) is 0.194. The van der Waals surface area contributed by atoms with Gasteiger partial charge in [-0.15, -0.1) is 0 Å². The zero-order valence-corrected chi connectivity index (χ0v) is 25.2. The average Bonchev–Trinajstić information content (AvgIpc) is 3.15. The van der Waals surface area contributed by atoms with Gasteiger partial charge in [-0.3, -0.25) is 4.98 Å². The van der Waals surface area contributed by atoms with Crippen LogP contribution in [0.15, 0.2) is 182 Å². The molecule has 0 bridgehead atoms. The van der Waals surface area contributed by atoms with E-state index in [2.05, 4.69) is 175 Å². The largest absolute Gasteiger partial charge is 0.256 e. The Hall–Kier alpha value is -6.12. The van der Waals surface area contributed by atoms with Crippen molar-refractivity contribution in [1.29, 1.82) is 0 Å². The minimum absolute atomic E-state index is 0.944. The van der Waals surface area contributed by atoms with Crippen LogP contribution in [0.5, 0.6) is 0 Å². The summed E-state index contributed by atoms with van der Waals surface area (Å²) in [5.74, 6) is 0. The van der Waals surface area contributed by atoms with E-state index in [0.29, 0.717) is 0 Å². The SMILES string of the molecule is c1ccc(-c2cccc(-c3cc(-c4ccc(-c5cccc6ncccc56)cc4)cc(-c4cccc(-c5ccccc5)c4)n3)c2)cc1.